The zero-order valence-electron chi connectivity index (χ0n) is 22.4. The van der Waals surface area contributed by atoms with E-state index in [1.807, 2.05) is 0 Å². The predicted molar refractivity (Wildman–Crippen MR) is 136 cm³/mol. The summed E-state index contributed by atoms with van der Waals surface area (Å²) in [5.74, 6) is 3.81. The average molecular weight is 484 g/mol. The maximum Gasteiger partial charge on any atom is 0.302 e. The molecule has 5 rings (SSSR count). The van der Waals surface area contributed by atoms with E-state index in [1.54, 1.807) is 5.57 Å². The van der Waals surface area contributed by atoms with E-state index in [9.17, 15) is 4.79 Å². The lowest BCUT2D eigenvalue weighted by molar-refractivity contribution is -0.148. The summed E-state index contributed by atoms with van der Waals surface area (Å²) in [6, 6.07) is 0. The summed E-state index contributed by atoms with van der Waals surface area (Å²) in [6.07, 6.45) is 13.7. The largest absolute Gasteiger partial charge is 0.462 e. The van der Waals surface area contributed by atoms with Crippen molar-refractivity contribution in [3.63, 3.8) is 0 Å². The molecule has 4 aliphatic carbocycles. The average Bonchev–Trinajstić information content (AvgIpc) is 3.29. The van der Waals surface area contributed by atoms with Crippen LogP contribution in [0.4, 0.5) is 0 Å². The van der Waals surface area contributed by atoms with E-state index in [-0.39, 0.29) is 17.5 Å². The van der Waals surface area contributed by atoms with Gasteiger partial charge >= 0.3 is 5.97 Å². The number of azide groups is 1. The van der Waals surface area contributed by atoms with Gasteiger partial charge in [0.1, 0.15) is 6.10 Å². The Morgan fingerprint density at radius 2 is 2.11 bits per heavy atom. The number of esters is 1. The molecular formula is C29H45N3O3. The van der Waals surface area contributed by atoms with Gasteiger partial charge < -0.3 is 9.47 Å². The number of hydrogen-bond acceptors (Lipinski definition) is 4. The van der Waals surface area contributed by atoms with Gasteiger partial charge in [0.15, 0.2) is 0 Å². The molecule has 5 aliphatic rings. The first-order chi connectivity index (χ1) is 16.7. The lowest BCUT2D eigenvalue weighted by atomic mass is 9.47. The number of rotatable bonds is 6. The van der Waals surface area contributed by atoms with Crippen LogP contribution >= 0.6 is 0 Å². The zero-order valence-corrected chi connectivity index (χ0v) is 22.4. The summed E-state index contributed by atoms with van der Waals surface area (Å²) in [5.41, 5.74) is 10.8. The fourth-order valence-corrected chi connectivity index (χ4v) is 9.70. The summed E-state index contributed by atoms with van der Waals surface area (Å²) in [7, 11) is 0. The number of hydrogen-bond donors (Lipinski definition) is 0. The molecule has 0 aromatic carbocycles. The van der Waals surface area contributed by atoms with E-state index in [2.05, 4.69) is 43.8 Å². The Labute approximate surface area is 211 Å². The second-order valence-electron chi connectivity index (χ2n) is 13.2. The molecule has 1 heterocycles. The van der Waals surface area contributed by atoms with Crippen LogP contribution < -0.4 is 0 Å². The minimum Gasteiger partial charge on any atom is -0.462 e. The highest BCUT2D eigenvalue weighted by Crippen LogP contribution is 2.69. The van der Waals surface area contributed by atoms with Crippen molar-refractivity contribution in [2.45, 2.75) is 111 Å². The molecule has 0 bridgehead atoms. The Hall–Kier alpha value is -1.52. The van der Waals surface area contributed by atoms with Crippen LogP contribution in [0.1, 0.15) is 92.4 Å². The van der Waals surface area contributed by atoms with Gasteiger partial charge in [-0.15, -0.1) is 0 Å². The van der Waals surface area contributed by atoms with Crippen molar-refractivity contribution >= 4 is 5.97 Å². The highest BCUT2D eigenvalue weighted by molar-refractivity contribution is 5.66. The van der Waals surface area contributed by atoms with Crippen LogP contribution in [0.25, 0.3) is 10.4 Å². The van der Waals surface area contributed by atoms with Crippen LogP contribution in [-0.4, -0.2) is 30.8 Å². The van der Waals surface area contributed by atoms with E-state index in [4.69, 9.17) is 15.0 Å². The molecule has 1 aliphatic heterocycles. The quantitative estimate of drug-likeness (QED) is 0.131. The Morgan fingerprint density at radius 3 is 2.86 bits per heavy atom. The molecule has 1 saturated heterocycles. The van der Waals surface area contributed by atoms with E-state index < -0.39 is 0 Å². The van der Waals surface area contributed by atoms with Crippen molar-refractivity contribution in [3.05, 3.63) is 22.1 Å². The van der Waals surface area contributed by atoms with Gasteiger partial charge in [-0.1, -0.05) is 44.5 Å². The van der Waals surface area contributed by atoms with Gasteiger partial charge in [0.05, 0.1) is 12.2 Å². The lowest BCUT2D eigenvalue weighted by Crippen LogP contribution is -2.51. The summed E-state index contributed by atoms with van der Waals surface area (Å²) in [4.78, 5) is 14.4. The Bertz CT molecular complexity index is 913. The van der Waals surface area contributed by atoms with Gasteiger partial charge in [-0.25, -0.2) is 0 Å². The van der Waals surface area contributed by atoms with E-state index in [1.165, 1.54) is 32.6 Å². The zero-order chi connectivity index (χ0) is 25.0. The number of ether oxygens (including phenoxy) is 2. The van der Waals surface area contributed by atoms with Crippen LogP contribution in [0.3, 0.4) is 0 Å². The normalized spacial score (nSPS) is 46.8. The van der Waals surface area contributed by atoms with Gasteiger partial charge in [-0.3, -0.25) is 4.79 Å². The van der Waals surface area contributed by atoms with Crippen LogP contribution in [-0.2, 0) is 14.3 Å². The first kappa shape index (κ1) is 25.1. The second kappa shape index (κ2) is 9.41. The van der Waals surface area contributed by atoms with Crippen LogP contribution in [0, 0.1) is 46.3 Å². The van der Waals surface area contributed by atoms with Crippen LogP contribution in [0.5, 0.6) is 0 Å². The molecular weight excluding hydrogens is 438 g/mol. The SMILES string of the molecule is CC(=O)O[C@H]1CC[C@@]2(C)C(=CC[C@H]3[C@@H]4C[C@@H]5O[C@H](CC[C@@H](C)CN=[N+]=[N-])[C@@H](C)[C@@H]5[C@@]4(C)CC[C@@H]32)C1. The van der Waals surface area contributed by atoms with Crippen molar-refractivity contribution in [1.82, 2.24) is 0 Å². The third-order valence-corrected chi connectivity index (χ3v) is 11.4. The van der Waals surface area contributed by atoms with Gasteiger partial charge in [-0.05, 0) is 103 Å². The maximum absolute atomic E-state index is 11.5. The fourth-order valence-electron chi connectivity index (χ4n) is 9.70. The van der Waals surface area contributed by atoms with Crippen molar-refractivity contribution in [3.8, 4) is 0 Å². The molecule has 0 unspecified atom stereocenters. The summed E-state index contributed by atoms with van der Waals surface area (Å²) < 4.78 is 12.4. The highest BCUT2D eigenvalue weighted by atomic mass is 16.5. The summed E-state index contributed by atoms with van der Waals surface area (Å²) in [6.45, 7) is 11.9. The number of nitrogens with zero attached hydrogens (tertiary/aromatic N) is 3. The molecule has 0 radical (unpaired) electrons. The smallest absolute Gasteiger partial charge is 0.302 e. The number of carbonyl (C=O) groups excluding carboxylic acids is 1. The van der Waals surface area contributed by atoms with Crippen LogP contribution in [0.2, 0.25) is 0 Å². The summed E-state index contributed by atoms with van der Waals surface area (Å²) in [5, 5.41) is 3.76. The topological polar surface area (TPSA) is 84.3 Å². The molecule has 0 spiro atoms. The molecule has 11 atom stereocenters. The maximum atomic E-state index is 11.5. The molecule has 0 aromatic rings. The number of fused-ring (bicyclic) bond motifs is 7. The van der Waals surface area contributed by atoms with Gasteiger partial charge in [-0.2, -0.15) is 0 Å². The molecule has 0 aromatic heterocycles. The van der Waals surface area contributed by atoms with Gasteiger partial charge in [0, 0.05) is 24.8 Å². The molecule has 3 saturated carbocycles. The first-order valence-electron chi connectivity index (χ1n) is 14.2. The minimum atomic E-state index is -0.142. The molecule has 0 amide bonds. The summed E-state index contributed by atoms with van der Waals surface area (Å²) >= 11 is 0. The third-order valence-electron chi connectivity index (χ3n) is 11.4. The van der Waals surface area contributed by atoms with E-state index in [0.29, 0.717) is 41.9 Å². The Balaban J connectivity index is 1.28. The van der Waals surface area contributed by atoms with Crippen molar-refractivity contribution in [1.29, 1.82) is 0 Å². The van der Waals surface area contributed by atoms with Crippen molar-refractivity contribution in [2.75, 3.05) is 6.54 Å². The molecule has 35 heavy (non-hydrogen) atoms. The molecule has 4 fully saturated rings. The van der Waals surface area contributed by atoms with Gasteiger partial charge in [0.25, 0.3) is 0 Å². The van der Waals surface area contributed by atoms with E-state index in [0.717, 1.165) is 49.9 Å². The molecule has 6 heteroatoms. The Morgan fingerprint density at radius 1 is 1.31 bits per heavy atom. The Kier molecular flexibility index (Phi) is 6.76. The monoisotopic (exact) mass is 483 g/mol. The van der Waals surface area contributed by atoms with Crippen molar-refractivity contribution < 1.29 is 14.3 Å². The minimum absolute atomic E-state index is 0.0728. The van der Waals surface area contributed by atoms with Crippen molar-refractivity contribution in [2.24, 2.45) is 51.5 Å². The fraction of sp³-hybridized carbons (Fsp3) is 0.897. The van der Waals surface area contributed by atoms with Crippen LogP contribution in [0.15, 0.2) is 16.8 Å². The third kappa shape index (κ3) is 4.23. The lowest BCUT2D eigenvalue weighted by Gasteiger charge is -2.58. The molecule has 194 valence electrons. The van der Waals surface area contributed by atoms with E-state index >= 15 is 0 Å². The molecule has 0 N–H and O–H groups in total. The van der Waals surface area contributed by atoms with Gasteiger partial charge in [0.2, 0.25) is 0 Å². The number of carbonyl (C=O) groups is 1. The first-order valence-corrected chi connectivity index (χ1v) is 14.2. The predicted octanol–water partition coefficient (Wildman–Crippen LogP) is 7.24. The molecule has 6 nitrogen and oxygen atoms in total. The standard InChI is InChI=1S/C29H45N3O3/c1-17(16-31-32-30)6-9-25-18(2)27-26(35-25)15-24-22-8-7-20-14-21(34-19(3)33)10-12-28(20,4)23(22)11-13-29(24,27)5/h7,17-18,21-27H,6,8-16H2,1-5H3/t17-,18-,21+,22-,23+,24+,25-,26+,27+,28+,29+/m1/s1. The highest BCUT2D eigenvalue weighted by Gasteiger charge is 2.65. The second-order valence-corrected chi connectivity index (χ2v) is 13.2. The number of allylic oxidation sites excluding steroid dienone is 1.